The Balaban J connectivity index is 2.02. The summed E-state index contributed by atoms with van der Waals surface area (Å²) in [5.74, 6) is 1.88. The molecule has 1 saturated heterocycles. The molecule has 1 atom stereocenters. The van der Waals surface area contributed by atoms with E-state index in [-0.39, 0.29) is 0 Å². The second-order valence-corrected chi connectivity index (χ2v) is 7.01. The van der Waals surface area contributed by atoms with Gasteiger partial charge in [-0.3, -0.25) is 0 Å². The SMILES string of the molecule is Clc1ccc(-c2c(Cl)nc(C3CCCS3)nc2Cl)cc1. The Morgan fingerprint density at radius 2 is 1.65 bits per heavy atom. The maximum atomic E-state index is 6.31. The van der Waals surface area contributed by atoms with Gasteiger partial charge in [0.1, 0.15) is 16.1 Å². The van der Waals surface area contributed by atoms with E-state index < -0.39 is 0 Å². The van der Waals surface area contributed by atoms with E-state index in [1.54, 1.807) is 12.1 Å². The van der Waals surface area contributed by atoms with Gasteiger partial charge in [-0.15, -0.1) is 0 Å². The van der Waals surface area contributed by atoms with Crippen molar-refractivity contribution in [3.63, 3.8) is 0 Å². The van der Waals surface area contributed by atoms with Crippen molar-refractivity contribution >= 4 is 46.6 Å². The highest BCUT2D eigenvalue weighted by atomic mass is 35.5. The van der Waals surface area contributed by atoms with E-state index >= 15 is 0 Å². The van der Waals surface area contributed by atoms with Gasteiger partial charge in [0.05, 0.1) is 10.8 Å². The standard InChI is InChI=1S/C14H11Cl3N2S/c15-9-5-3-8(4-6-9)11-12(16)18-14(19-13(11)17)10-2-1-7-20-10/h3-6,10H,1-2,7H2. The average Bonchev–Trinajstić information content (AvgIpc) is 2.94. The topological polar surface area (TPSA) is 25.8 Å². The molecule has 0 bridgehead atoms. The minimum absolute atomic E-state index is 0.310. The van der Waals surface area contributed by atoms with Gasteiger partial charge in [-0.1, -0.05) is 46.9 Å². The van der Waals surface area contributed by atoms with E-state index in [1.165, 1.54) is 6.42 Å². The van der Waals surface area contributed by atoms with E-state index in [0.29, 0.717) is 26.1 Å². The van der Waals surface area contributed by atoms with Crippen molar-refractivity contribution in [1.82, 2.24) is 9.97 Å². The van der Waals surface area contributed by atoms with Crippen LogP contribution < -0.4 is 0 Å². The summed E-state index contributed by atoms with van der Waals surface area (Å²) >= 11 is 20.4. The second-order valence-electron chi connectivity index (χ2n) is 4.55. The normalized spacial score (nSPS) is 18.4. The molecule has 2 nitrogen and oxygen atoms in total. The Bertz CT molecular complexity index is 602. The summed E-state index contributed by atoms with van der Waals surface area (Å²) in [5.41, 5.74) is 1.53. The number of rotatable bonds is 2. The number of aromatic nitrogens is 2. The maximum Gasteiger partial charge on any atom is 0.144 e. The molecule has 1 unspecified atom stereocenters. The summed E-state index contributed by atoms with van der Waals surface area (Å²) in [6, 6.07) is 7.32. The Kier molecular flexibility index (Phi) is 4.41. The zero-order valence-electron chi connectivity index (χ0n) is 10.4. The van der Waals surface area contributed by atoms with Crippen LogP contribution in [0.3, 0.4) is 0 Å². The van der Waals surface area contributed by atoms with Crippen molar-refractivity contribution in [3.8, 4) is 11.1 Å². The summed E-state index contributed by atoms with van der Waals surface area (Å²) in [5, 5.41) is 1.77. The molecule has 1 aromatic heterocycles. The quantitative estimate of drug-likeness (QED) is 0.656. The van der Waals surface area contributed by atoms with Crippen LogP contribution in [0.1, 0.15) is 23.9 Å². The first-order valence-corrected chi connectivity index (χ1v) is 8.44. The van der Waals surface area contributed by atoms with Crippen LogP contribution in [0.5, 0.6) is 0 Å². The van der Waals surface area contributed by atoms with E-state index in [0.717, 1.165) is 23.6 Å². The molecule has 0 N–H and O–H groups in total. The molecule has 2 heterocycles. The number of hydrogen-bond donors (Lipinski definition) is 0. The molecule has 0 radical (unpaired) electrons. The Hall–Kier alpha value is -0.480. The predicted octanol–water partition coefficient (Wildman–Crippen LogP) is 5.67. The Labute approximate surface area is 136 Å². The highest BCUT2D eigenvalue weighted by molar-refractivity contribution is 7.99. The average molecular weight is 346 g/mol. The van der Waals surface area contributed by atoms with E-state index in [1.807, 2.05) is 23.9 Å². The van der Waals surface area contributed by atoms with Crippen LogP contribution in [0.4, 0.5) is 0 Å². The Morgan fingerprint density at radius 1 is 1.00 bits per heavy atom. The van der Waals surface area contributed by atoms with Gasteiger partial charge in [0.25, 0.3) is 0 Å². The van der Waals surface area contributed by atoms with Gasteiger partial charge in [0.15, 0.2) is 0 Å². The molecule has 6 heteroatoms. The fourth-order valence-electron chi connectivity index (χ4n) is 2.20. The van der Waals surface area contributed by atoms with Gasteiger partial charge in [-0.25, -0.2) is 9.97 Å². The van der Waals surface area contributed by atoms with Crippen LogP contribution in [0.2, 0.25) is 15.3 Å². The van der Waals surface area contributed by atoms with Crippen molar-refractivity contribution in [2.45, 2.75) is 18.1 Å². The van der Waals surface area contributed by atoms with Crippen molar-refractivity contribution < 1.29 is 0 Å². The smallest absolute Gasteiger partial charge is 0.144 e. The fourth-order valence-corrected chi connectivity index (χ4v) is 4.15. The number of nitrogens with zero attached hydrogens (tertiary/aromatic N) is 2. The molecular weight excluding hydrogens is 335 g/mol. The summed E-state index contributed by atoms with van der Waals surface area (Å²) in [6.45, 7) is 0. The van der Waals surface area contributed by atoms with Crippen molar-refractivity contribution in [2.75, 3.05) is 5.75 Å². The first-order valence-electron chi connectivity index (χ1n) is 6.25. The summed E-state index contributed by atoms with van der Waals surface area (Å²) in [6.07, 6.45) is 2.27. The van der Waals surface area contributed by atoms with Crippen LogP contribution >= 0.6 is 46.6 Å². The lowest BCUT2D eigenvalue weighted by Crippen LogP contribution is -2.01. The number of hydrogen-bond acceptors (Lipinski definition) is 3. The van der Waals surface area contributed by atoms with E-state index in [2.05, 4.69) is 9.97 Å². The Morgan fingerprint density at radius 3 is 2.20 bits per heavy atom. The zero-order chi connectivity index (χ0) is 14.1. The molecule has 20 heavy (non-hydrogen) atoms. The molecule has 0 aliphatic carbocycles. The molecule has 3 rings (SSSR count). The van der Waals surface area contributed by atoms with Crippen LogP contribution in [-0.4, -0.2) is 15.7 Å². The van der Waals surface area contributed by atoms with E-state index in [9.17, 15) is 0 Å². The minimum atomic E-state index is 0.310. The summed E-state index contributed by atoms with van der Waals surface area (Å²) in [7, 11) is 0. The molecule has 1 aromatic carbocycles. The highest BCUT2D eigenvalue weighted by Crippen LogP contribution is 2.41. The molecule has 2 aromatic rings. The van der Waals surface area contributed by atoms with Gasteiger partial charge < -0.3 is 0 Å². The molecule has 1 aliphatic rings. The van der Waals surface area contributed by atoms with Gasteiger partial charge >= 0.3 is 0 Å². The third kappa shape index (κ3) is 2.91. The third-order valence-electron chi connectivity index (χ3n) is 3.19. The molecule has 1 aliphatic heterocycles. The molecular formula is C14H11Cl3N2S. The molecule has 104 valence electrons. The maximum absolute atomic E-state index is 6.31. The summed E-state index contributed by atoms with van der Waals surface area (Å²) in [4.78, 5) is 8.86. The first-order chi connectivity index (χ1) is 9.65. The monoisotopic (exact) mass is 344 g/mol. The van der Waals surface area contributed by atoms with Gasteiger partial charge in [0.2, 0.25) is 0 Å². The lowest BCUT2D eigenvalue weighted by atomic mass is 10.1. The predicted molar refractivity (Wildman–Crippen MR) is 86.9 cm³/mol. The first kappa shape index (κ1) is 14.5. The molecule has 0 amide bonds. The largest absolute Gasteiger partial charge is 0.219 e. The minimum Gasteiger partial charge on any atom is -0.219 e. The fraction of sp³-hybridized carbons (Fsp3) is 0.286. The van der Waals surface area contributed by atoms with Crippen LogP contribution in [0.25, 0.3) is 11.1 Å². The lowest BCUT2D eigenvalue weighted by molar-refractivity contribution is 0.777. The molecule has 1 fully saturated rings. The molecule has 0 spiro atoms. The van der Waals surface area contributed by atoms with Crippen LogP contribution in [-0.2, 0) is 0 Å². The third-order valence-corrected chi connectivity index (χ3v) is 5.36. The summed E-state index contributed by atoms with van der Waals surface area (Å²) < 4.78 is 0. The van der Waals surface area contributed by atoms with Gasteiger partial charge in [-0.2, -0.15) is 11.8 Å². The lowest BCUT2D eigenvalue weighted by Gasteiger charge is -2.11. The van der Waals surface area contributed by atoms with Crippen molar-refractivity contribution in [2.24, 2.45) is 0 Å². The van der Waals surface area contributed by atoms with Crippen LogP contribution in [0.15, 0.2) is 24.3 Å². The molecule has 0 saturated carbocycles. The highest BCUT2D eigenvalue weighted by Gasteiger charge is 2.23. The number of benzene rings is 1. The second kappa shape index (κ2) is 6.10. The van der Waals surface area contributed by atoms with Crippen molar-refractivity contribution in [3.05, 3.63) is 45.4 Å². The number of thioether (sulfide) groups is 1. The van der Waals surface area contributed by atoms with Crippen molar-refractivity contribution in [1.29, 1.82) is 0 Å². The van der Waals surface area contributed by atoms with Crippen LogP contribution in [0, 0.1) is 0 Å². The van der Waals surface area contributed by atoms with Gasteiger partial charge in [-0.05, 0) is 36.3 Å². The number of halogens is 3. The zero-order valence-corrected chi connectivity index (χ0v) is 13.5. The van der Waals surface area contributed by atoms with Gasteiger partial charge in [0, 0.05) is 5.02 Å². The van der Waals surface area contributed by atoms with E-state index in [4.69, 9.17) is 34.8 Å².